The Morgan fingerprint density at radius 2 is 2.50 bits per heavy atom. The van der Waals surface area contributed by atoms with Crippen molar-refractivity contribution in [2.75, 3.05) is 13.6 Å². The van der Waals surface area contributed by atoms with Gasteiger partial charge in [0.1, 0.15) is 0 Å². The van der Waals surface area contributed by atoms with Gasteiger partial charge >= 0.3 is 0 Å². The molecule has 1 aromatic rings. The minimum absolute atomic E-state index is 0.0221. The molecule has 0 unspecified atom stereocenters. The molecule has 2 rings (SSSR count). The average Bonchev–Trinajstić information content (AvgIpc) is 2.62. The fraction of sp³-hybridized carbons (Fsp3) is 0.417. The SMILES string of the molecule is C=C[C@@]1(c2cccnc2)CCCN1C. The molecule has 1 fully saturated rings. The summed E-state index contributed by atoms with van der Waals surface area (Å²) in [6.07, 6.45) is 8.20. The van der Waals surface area contributed by atoms with E-state index in [4.69, 9.17) is 0 Å². The number of hydrogen-bond acceptors (Lipinski definition) is 2. The van der Waals surface area contributed by atoms with Gasteiger partial charge in [0.05, 0.1) is 5.54 Å². The van der Waals surface area contributed by atoms with Crippen molar-refractivity contribution in [2.45, 2.75) is 18.4 Å². The van der Waals surface area contributed by atoms with E-state index in [0.29, 0.717) is 0 Å². The van der Waals surface area contributed by atoms with Crippen LogP contribution < -0.4 is 0 Å². The van der Waals surface area contributed by atoms with Crippen molar-refractivity contribution in [2.24, 2.45) is 0 Å². The second-order valence-corrected chi connectivity index (χ2v) is 3.90. The molecule has 0 radical (unpaired) electrons. The van der Waals surface area contributed by atoms with Gasteiger partial charge in [-0.1, -0.05) is 12.1 Å². The zero-order valence-corrected chi connectivity index (χ0v) is 8.61. The molecule has 0 aromatic carbocycles. The van der Waals surface area contributed by atoms with Gasteiger partial charge in [-0.05, 0) is 38.1 Å². The zero-order valence-electron chi connectivity index (χ0n) is 8.61. The predicted octanol–water partition coefficient (Wildman–Crippen LogP) is 2.19. The van der Waals surface area contributed by atoms with E-state index in [1.54, 1.807) is 0 Å². The lowest BCUT2D eigenvalue weighted by Crippen LogP contribution is -2.36. The summed E-state index contributed by atoms with van der Waals surface area (Å²) in [7, 11) is 2.15. The molecule has 0 bridgehead atoms. The lowest BCUT2D eigenvalue weighted by molar-refractivity contribution is 0.232. The van der Waals surface area contributed by atoms with E-state index in [-0.39, 0.29) is 5.54 Å². The van der Waals surface area contributed by atoms with Crippen LogP contribution >= 0.6 is 0 Å². The van der Waals surface area contributed by atoms with E-state index in [1.807, 2.05) is 18.5 Å². The van der Waals surface area contributed by atoms with E-state index in [1.165, 1.54) is 12.0 Å². The summed E-state index contributed by atoms with van der Waals surface area (Å²) in [6.45, 7) is 5.11. The van der Waals surface area contributed by atoms with Crippen LogP contribution in [0.15, 0.2) is 37.2 Å². The van der Waals surface area contributed by atoms with Crippen LogP contribution in [0.3, 0.4) is 0 Å². The van der Waals surface area contributed by atoms with Crippen molar-refractivity contribution >= 4 is 0 Å². The summed E-state index contributed by atoms with van der Waals surface area (Å²) < 4.78 is 0. The molecule has 0 N–H and O–H groups in total. The molecule has 2 nitrogen and oxygen atoms in total. The highest BCUT2D eigenvalue weighted by Crippen LogP contribution is 2.38. The monoisotopic (exact) mass is 188 g/mol. The number of rotatable bonds is 2. The molecule has 14 heavy (non-hydrogen) atoms. The van der Waals surface area contributed by atoms with E-state index < -0.39 is 0 Å². The van der Waals surface area contributed by atoms with Crippen LogP contribution in [0.5, 0.6) is 0 Å². The Kier molecular flexibility index (Phi) is 2.38. The molecular weight excluding hydrogens is 172 g/mol. The average molecular weight is 188 g/mol. The van der Waals surface area contributed by atoms with Crippen LogP contribution in [0.1, 0.15) is 18.4 Å². The zero-order chi connectivity index (χ0) is 10.0. The largest absolute Gasteiger partial charge is 0.293 e. The molecule has 1 aromatic heterocycles. The van der Waals surface area contributed by atoms with E-state index in [2.05, 4.69) is 35.7 Å². The summed E-state index contributed by atoms with van der Waals surface area (Å²) >= 11 is 0. The van der Waals surface area contributed by atoms with Crippen LogP contribution in [0.25, 0.3) is 0 Å². The smallest absolute Gasteiger partial charge is 0.0655 e. The van der Waals surface area contributed by atoms with Crippen molar-refractivity contribution in [3.05, 3.63) is 42.7 Å². The Bertz CT molecular complexity index is 320. The van der Waals surface area contributed by atoms with Crippen molar-refractivity contribution in [3.8, 4) is 0 Å². The van der Waals surface area contributed by atoms with Gasteiger partial charge in [0.25, 0.3) is 0 Å². The van der Waals surface area contributed by atoms with Crippen molar-refractivity contribution in [3.63, 3.8) is 0 Å². The maximum absolute atomic E-state index is 4.18. The number of pyridine rings is 1. The highest BCUT2D eigenvalue weighted by atomic mass is 15.2. The summed E-state index contributed by atoms with van der Waals surface area (Å²) in [4.78, 5) is 6.54. The van der Waals surface area contributed by atoms with Gasteiger partial charge in [0, 0.05) is 12.4 Å². The van der Waals surface area contributed by atoms with Gasteiger partial charge in [-0.2, -0.15) is 0 Å². The van der Waals surface area contributed by atoms with Gasteiger partial charge in [-0.3, -0.25) is 9.88 Å². The number of nitrogens with zero attached hydrogens (tertiary/aromatic N) is 2. The normalized spacial score (nSPS) is 27.8. The van der Waals surface area contributed by atoms with E-state index >= 15 is 0 Å². The maximum atomic E-state index is 4.18. The lowest BCUT2D eigenvalue weighted by atomic mass is 9.89. The van der Waals surface area contributed by atoms with E-state index in [9.17, 15) is 0 Å². The van der Waals surface area contributed by atoms with Gasteiger partial charge in [-0.15, -0.1) is 6.58 Å². The van der Waals surface area contributed by atoms with Gasteiger partial charge in [-0.25, -0.2) is 0 Å². The number of aromatic nitrogens is 1. The standard InChI is InChI=1S/C12H16N2/c1-3-12(7-5-9-14(12)2)11-6-4-8-13-10-11/h3-4,6,8,10H,1,5,7,9H2,2H3/t12-/m0/s1. The fourth-order valence-electron chi connectivity index (χ4n) is 2.34. The fourth-order valence-corrected chi connectivity index (χ4v) is 2.34. The second kappa shape index (κ2) is 3.54. The Balaban J connectivity index is 2.43. The molecule has 1 aliphatic heterocycles. The molecule has 0 saturated carbocycles. The number of hydrogen-bond donors (Lipinski definition) is 0. The Morgan fingerprint density at radius 3 is 3.00 bits per heavy atom. The molecule has 0 aliphatic carbocycles. The quantitative estimate of drug-likeness (QED) is 0.661. The van der Waals surface area contributed by atoms with Gasteiger partial charge in [0.2, 0.25) is 0 Å². The van der Waals surface area contributed by atoms with Crippen molar-refractivity contribution in [1.29, 1.82) is 0 Å². The molecule has 1 aliphatic rings. The first kappa shape index (κ1) is 9.41. The minimum Gasteiger partial charge on any atom is -0.293 e. The molecular formula is C12H16N2. The summed E-state index contributed by atoms with van der Waals surface area (Å²) in [5.74, 6) is 0. The molecule has 1 saturated heterocycles. The van der Waals surface area contributed by atoms with Crippen LogP contribution in [0.4, 0.5) is 0 Å². The maximum Gasteiger partial charge on any atom is 0.0655 e. The van der Waals surface area contributed by atoms with Crippen LogP contribution in [-0.4, -0.2) is 23.5 Å². The topological polar surface area (TPSA) is 16.1 Å². The summed E-state index contributed by atoms with van der Waals surface area (Å²) in [5.41, 5.74) is 1.28. The third kappa shape index (κ3) is 1.26. The molecule has 2 heteroatoms. The molecule has 74 valence electrons. The van der Waals surface area contributed by atoms with Crippen molar-refractivity contribution < 1.29 is 0 Å². The van der Waals surface area contributed by atoms with Gasteiger partial charge < -0.3 is 0 Å². The first-order valence-electron chi connectivity index (χ1n) is 5.05. The highest BCUT2D eigenvalue weighted by molar-refractivity contribution is 5.28. The Morgan fingerprint density at radius 1 is 1.64 bits per heavy atom. The van der Waals surface area contributed by atoms with E-state index in [0.717, 1.165) is 13.0 Å². The van der Waals surface area contributed by atoms with Crippen molar-refractivity contribution in [1.82, 2.24) is 9.88 Å². The number of likely N-dealkylation sites (N-methyl/N-ethyl adjacent to an activating group) is 1. The molecule has 1 atom stereocenters. The Labute approximate surface area is 85.3 Å². The summed E-state index contributed by atoms with van der Waals surface area (Å²) in [5, 5.41) is 0. The van der Waals surface area contributed by atoms with Crippen LogP contribution in [0, 0.1) is 0 Å². The third-order valence-corrected chi connectivity index (χ3v) is 3.23. The predicted molar refractivity (Wildman–Crippen MR) is 58.0 cm³/mol. The summed E-state index contributed by atoms with van der Waals surface area (Å²) in [6, 6.07) is 4.13. The van der Waals surface area contributed by atoms with Gasteiger partial charge in [0.15, 0.2) is 0 Å². The minimum atomic E-state index is 0.0221. The molecule has 2 heterocycles. The first-order chi connectivity index (χ1) is 6.79. The Hall–Kier alpha value is -1.15. The van der Waals surface area contributed by atoms with Crippen LogP contribution in [0.2, 0.25) is 0 Å². The third-order valence-electron chi connectivity index (χ3n) is 3.23. The van der Waals surface area contributed by atoms with Crippen LogP contribution in [-0.2, 0) is 5.54 Å². The number of likely N-dealkylation sites (tertiary alicyclic amines) is 1. The molecule has 0 amide bonds. The lowest BCUT2D eigenvalue weighted by Gasteiger charge is -2.33. The second-order valence-electron chi connectivity index (χ2n) is 3.90. The first-order valence-corrected chi connectivity index (χ1v) is 5.05. The molecule has 0 spiro atoms. The highest BCUT2D eigenvalue weighted by Gasteiger charge is 2.37.